The summed E-state index contributed by atoms with van der Waals surface area (Å²) in [6.07, 6.45) is 7.70. The Bertz CT molecular complexity index is 1250. The lowest BCUT2D eigenvalue weighted by molar-refractivity contribution is -0.138. The molecule has 11 nitrogen and oxygen atoms in total. The number of allylic oxidation sites excluding steroid dienone is 2. The highest BCUT2D eigenvalue weighted by atomic mass is 16.6. The molecule has 0 atom stereocenters. The van der Waals surface area contributed by atoms with E-state index in [4.69, 9.17) is 14.2 Å². The number of carbonyl (C=O) groups is 4. The second kappa shape index (κ2) is 19.4. The van der Waals surface area contributed by atoms with Crippen molar-refractivity contribution < 1.29 is 38.5 Å². The SMILES string of the molecule is O=C(O)CN(CCCN(CCCCNC(=O)OCC1=CCCC=C1)C(=O)OCc1ccccc1)C(=O)OCc1ccccc1. The minimum absolute atomic E-state index is 0.0181. The van der Waals surface area contributed by atoms with Gasteiger partial charge in [-0.3, -0.25) is 9.69 Å². The molecule has 2 aromatic carbocycles. The third-order valence-corrected chi connectivity index (χ3v) is 6.67. The van der Waals surface area contributed by atoms with Crippen molar-refractivity contribution >= 4 is 24.2 Å². The van der Waals surface area contributed by atoms with Crippen LogP contribution in [0.25, 0.3) is 0 Å². The lowest BCUT2D eigenvalue weighted by Gasteiger charge is -2.25. The van der Waals surface area contributed by atoms with Crippen molar-refractivity contribution in [2.45, 2.75) is 45.3 Å². The molecule has 0 heterocycles. The average molecular weight is 608 g/mol. The molecule has 0 bridgehead atoms. The van der Waals surface area contributed by atoms with E-state index in [0.717, 1.165) is 34.4 Å². The number of rotatable bonds is 17. The highest BCUT2D eigenvalue weighted by Gasteiger charge is 2.20. The Hall–Kier alpha value is -4.80. The Morgan fingerprint density at radius 1 is 0.705 bits per heavy atom. The van der Waals surface area contributed by atoms with Gasteiger partial charge in [0, 0.05) is 26.2 Å². The third kappa shape index (κ3) is 13.5. The smallest absolute Gasteiger partial charge is 0.410 e. The fourth-order valence-electron chi connectivity index (χ4n) is 4.36. The van der Waals surface area contributed by atoms with Crippen LogP contribution < -0.4 is 5.32 Å². The number of unbranched alkanes of at least 4 members (excludes halogenated alkanes) is 1. The zero-order chi connectivity index (χ0) is 31.4. The van der Waals surface area contributed by atoms with Crippen molar-refractivity contribution in [1.29, 1.82) is 0 Å². The van der Waals surface area contributed by atoms with Gasteiger partial charge in [-0.15, -0.1) is 0 Å². The highest BCUT2D eigenvalue weighted by molar-refractivity contribution is 5.76. The van der Waals surface area contributed by atoms with E-state index in [1.54, 1.807) is 12.1 Å². The van der Waals surface area contributed by atoms with Crippen LogP contribution in [0.5, 0.6) is 0 Å². The quantitative estimate of drug-likeness (QED) is 0.177. The summed E-state index contributed by atoms with van der Waals surface area (Å²) in [4.78, 5) is 51.7. The molecule has 236 valence electrons. The van der Waals surface area contributed by atoms with E-state index in [2.05, 4.69) is 11.4 Å². The number of amides is 3. The zero-order valence-electron chi connectivity index (χ0n) is 24.9. The van der Waals surface area contributed by atoms with Crippen LogP contribution in [0, 0.1) is 0 Å². The summed E-state index contributed by atoms with van der Waals surface area (Å²) < 4.78 is 16.1. The first-order chi connectivity index (χ1) is 21.4. The number of nitrogens with one attached hydrogen (secondary N) is 1. The molecule has 3 amide bonds. The number of ether oxygens (including phenoxy) is 3. The largest absolute Gasteiger partial charge is 0.480 e. The monoisotopic (exact) mass is 607 g/mol. The molecule has 44 heavy (non-hydrogen) atoms. The van der Waals surface area contributed by atoms with E-state index in [-0.39, 0.29) is 32.9 Å². The summed E-state index contributed by atoms with van der Waals surface area (Å²) in [7, 11) is 0. The minimum Gasteiger partial charge on any atom is -0.480 e. The Labute approximate surface area is 258 Å². The van der Waals surface area contributed by atoms with Crippen LogP contribution in [0.15, 0.2) is 84.5 Å². The molecule has 1 aliphatic rings. The first kappa shape index (κ1) is 33.7. The number of carboxylic acids is 1. The Morgan fingerprint density at radius 2 is 1.30 bits per heavy atom. The number of benzene rings is 2. The van der Waals surface area contributed by atoms with Crippen molar-refractivity contribution in [2.24, 2.45) is 0 Å². The van der Waals surface area contributed by atoms with Crippen LogP contribution in [0.2, 0.25) is 0 Å². The topological polar surface area (TPSA) is 135 Å². The lowest BCUT2D eigenvalue weighted by Crippen LogP contribution is -2.39. The normalized spacial score (nSPS) is 12.0. The molecular weight excluding hydrogens is 566 g/mol. The lowest BCUT2D eigenvalue weighted by atomic mass is 10.1. The number of hydrogen-bond acceptors (Lipinski definition) is 7. The number of nitrogens with zero attached hydrogens (tertiary/aromatic N) is 2. The number of alkyl carbamates (subject to hydrolysis) is 1. The summed E-state index contributed by atoms with van der Waals surface area (Å²) >= 11 is 0. The highest BCUT2D eigenvalue weighted by Crippen LogP contribution is 2.10. The second-order valence-electron chi connectivity index (χ2n) is 10.2. The Morgan fingerprint density at radius 3 is 1.89 bits per heavy atom. The molecule has 0 aromatic heterocycles. The van der Waals surface area contributed by atoms with Crippen LogP contribution in [-0.2, 0) is 32.2 Å². The summed E-state index contributed by atoms with van der Waals surface area (Å²) in [5, 5.41) is 12.0. The van der Waals surface area contributed by atoms with E-state index in [1.807, 2.05) is 60.7 Å². The predicted octanol–water partition coefficient (Wildman–Crippen LogP) is 5.52. The molecular formula is C33H41N3O8. The van der Waals surface area contributed by atoms with Gasteiger partial charge in [-0.1, -0.05) is 78.9 Å². The summed E-state index contributed by atoms with van der Waals surface area (Å²) in [6, 6.07) is 18.4. The van der Waals surface area contributed by atoms with E-state index >= 15 is 0 Å². The fraction of sp³-hybridized carbons (Fsp3) is 0.394. The fourth-order valence-corrected chi connectivity index (χ4v) is 4.36. The van der Waals surface area contributed by atoms with Crippen LogP contribution in [-0.4, -0.2) is 78.5 Å². The summed E-state index contributed by atoms with van der Waals surface area (Å²) in [5.74, 6) is -1.17. The van der Waals surface area contributed by atoms with E-state index < -0.39 is 30.8 Å². The maximum atomic E-state index is 13.0. The molecule has 0 fully saturated rings. The van der Waals surface area contributed by atoms with Crippen molar-refractivity contribution in [3.63, 3.8) is 0 Å². The summed E-state index contributed by atoms with van der Waals surface area (Å²) in [6.45, 7) is 0.842. The first-order valence-electron chi connectivity index (χ1n) is 14.8. The number of carboxylic acid groups (broad SMARTS) is 1. The maximum absolute atomic E-state index is 13.0. The van der Waals surface area contributed by atoms with E-state index in [9.17, 15) is 24.3 Å². The van der Waals surface area contributed by atoms with E-state index in [0.29, 0.717) is 32.4 Å². The van der Waals surface area contributed by atoms with Gasteiger partial charge in [-0.05, 0) is 48.8 Å². The van der Waals surface area contributed by atoms with Gasteiger partial charge in [0.1, 0.15) is 26.4 Å². The van der Waals surface area contributed by atoms with Crippen LogP contribution in [0.4, 0.5) is 14.4 Å². The van der Waals surface area contributed by atoms with Gasteiger partial charge in [0.05, 0.1) is 0 Å². The number of hydrogen-bond donors (Lipinski definition) is 2. The van der Waals surface area contributed by atoms with Crippen molar-refractivity contribution in [2.75, 3.05) is 39.3 Å². The van der Waals surface area contributed by atoms with Gasteiger partial charge >= 0.3 is 24.2 Å². The molecule has 2 N–H and O–H groups in total. The molecule has 0 spiro atoms. The van der Waals surface area contributed by atoms with Crippen molar-refractivity contribution in [3.05, 3.63) is 95.6 Å². The van der Waals surface area contributed by atoms with Crippen molar-refractivity contribution in [3.8, 4) is 0 Å². The molecule has 0 radical (unpaired) electrons. The first-order valence-corrected chi connectivity index (χ1v) is 14.8. The predicted molar refractivity (Wildman–Crippen MR) is 164 cm³/mol. The molecule has 0 saturated carbocycles. The average Bonchev–Trinajstić information content (AvgIpc) is 3.05. The van der Waals surface area contributed by atoms with Crippen LogP contribution in [0.3, 0.4) is 0 Å². The van der Waals surface area contributed by atoms with Gasteiger partial charge in [0.2, 0.25) is 0 Å². The molecule has 0 saturated heterocycles. The van der Waals surface area contributed by atoms with Crippen LogP contribution in [0.1, 0.15) is 43.2 Å². The maximum Gasteiger partial charge on any atom is 0.410 e. The molecule has 11 heteroatoms. The van der Waals surface area contributed by atoms with E-state index in [1.165, 1.54) is 4.90 Å². The number of carbonyl (C=O) groups excluding carboxylic acids is 3. The van der Waals surface area contributed by atoms with Gasteiger partial charge in [0.15, 0.2) is 0 Å². The Kier molecular flexibility index (Phi) is 14.9. The standard InChI is InChI=1S/C33H41N3O8/c37-30(38)23-36(33(41)44-26-29-17-8-3-9-18-29)22-12-21-35(32(40)43-25-28-15-6-2-7-16-28)20-11-10-19-34-31(39)42-24-27-13-4-1-5-14-27/h2-4,6-9,13-18H,1,5,10-12,19-26H2,(H,34,39)(H,37,38). The molecule has 2 aromatic rings. The molecule has 1 aliphatic carbocycles. The molecule has 3 rings (SSSR count). The van der Waals surface area contributed by atoms with Gasteiger partial charge in [-0.25, -0.2) is 14.4 Å². The van der Waals surface area contributed by atoms with Crippen molar-refractivity contribution in [1.82, 2.24) is 15.1 Å². The molecule has 0 unspecified atom stereocenters. The minimum atomic E-state index is -1.17. The van der Waals surface area contributed by atoms with Crippen LogP contribution >= 0.6 is 0 Å². The van der Waals surface area contributed by atoms with Gasteiger partial charge in [0.25, 0.3) is 0 Å². The second-order valence-corrected chi connectivity index (χ2v) is 10.2. The zero-order valence-corrected chi connectivity index (χ0v) is 24.9. The number of aliphatic carboxylic acids is 1. The van der Waals surface area contributed by atoms with Gasteiger partial charge < -0.3 is 29.5 Å². The van der Waals surface area contributed by atoms with Gasteiger partial charge in [-0.2, -0.15) is 0 Å². The molecule has 0 aliphatic heterocycles. The Balaban J connectivity index is 1.46. The summed E-state index contributed by atoms with van der Waals surface area (Å²) in [5.41, 5.74) is 2.60. The third-order valence-electron chi connectivity index (χ3n) is 6.67.